The third-order valence-corrected chi connectivity index (χ3v) is 2.31. The number of methoxy groups -OCH3 is 1. The lowest BCUT2D eigenvalue weighted by Gasteiger charge is -2.05. The molecular formula is C10H10N2O3. The summed E-state index contributed by atoms with van der Waals surface area (Å²) < 4.78 is 6.09. The number of H-pyrrole nitrogens is 1. The minimum absolute atomic E-state index is 0.355. The fourth-order valence-corrected chi connectivity index (χ4v) is 1.48. The maximum absolute atomic E-state index is 11.8. The highest BCUT2D eigenvalue weighted by Crippen LogP contribution is 2.18. The first-order valence-electron chi connectivity index (χ1n) is 4.41. The van der Waals surface area contributed by atoms with Crippen LogP contribution < -0.4 is 16.0 Å². The number of rotatable bonds is 1. The summed E-state index contributed by atoms with van der Waals surface area (Å²) in [5.41, 5.74) is -0.297. The summed E-state index contributed by atoms with van der Waals surface area (Å²) in [6.07, 6.45) is 0. The summed E-state index contributed by atoms with van der Waals surface area (Å²) in [4.78, 5) is 25.7. The average Bonchev–Trinajstić information content (AvgIpc) is 2.25. The molecule has 0 atom stereocenters. The number of aromatic amines is 1. The second kappa shape index (κ2) is 3.27. The number of aromatic nitrogens is 2. The van der Waals surface area contributed by atoms with Gasteiger partial charge in [0.1, 0.15) is 11.1 Å². The second-order valence-corrected chi connectivity index (χ2v) is 3.18. The largest absolute Gasteiger partial charge is 0.496 e. The standard InChI is InChI=1S/C10H10N2O3/c1-12-9(13)8-6(11-10(12)14)4-3-5-7(8)15-2/h3-5H,1-2H3,(H,11,14). The Morgan fingerprint density at radius 3 is 2.73 bits per heavy atom. The fourth-order valence-electron chi connectivity index (χ4n) is 1.48. The zero-order valence-corrected chi connectivity index (χ0v) is 8.40. The summed E-state index contributed by atoms with van der Waals surface area (Å²) in [6.45, 7) is 0. The van der Waals surface area contributed by atoms with E-state index >= 15 is 0 Å². The molecular weight excluding hydrogens is 196 g/mol. The van der Waals surface area contributed by atoms with Crippen LogP contribution in [0, 0.1) is 0 Å². The van der Waals surface area contributed by atoms with Crippen molar-refractivity contribution in [3.8, 4) is 5.75 Å². The Bertz CT molecular complexity index is 625. The molecule has 15 heavy (non-hydrogen) atoms. The maximum Gasteiger partial charge on any atom is 0.328 e. The molecule has 0 aliphatic heterocycles. The van der Waals surface area contributed by atoms with Crippen LogP contribution in [0.2, 0.25) is 0 Å². The summed E-state index contributed by atoms with van der Waals surface area (Å²) in [5.74, 6) is 0.462. The van der Waals surface area contributed by atoms with Gasteiger partial charge in [0.25, 0.3) is 5.56 Å². The van der Waals surface area contributed by atoms with Crippen molar-refractivity contribution in [3.05, 3.63) is 39.0 Å². The monoisotopic (exact) mass is 206 g/mol. The number of hydrogen-bond donors (Lipinski definition) is 1. The van der Waals surface area contributed by atoms with Crippen molar-refractivity contribution in [2.45, 2.75) is 0 Å². The van der Waals surface area contributed by atoms with Crippen LogP contribution in [0.3, 0.4) is 0 Å². The van der Waals surface area contributed by atoms with Crippen molar-refractivity contribution in [2.24, 2.45) is 7.05 Å². The van der Waals surface area contributed by atoms with E-state index in [1.807, 2.05) is 0 Å². The van der Waals surface area contributed by atoms with Crippen LogP contribution in [-0.4, -0.2) is 16.7 Å². The molecule has 1 heterocycles. The minimum atomic E-state index is -0.430. The summed E-state index contributed by atoms with van der Waals surface area (Å²) in [5, 5.41) is 0.391. The first-order chi connectivity index (χ1) is 7.15. The SMILES string of the molecule is COc1cccc2[nH]c(=O)n(C)c(=O)c12. The highest BCUT2D eigenvalue weighted by Gasteiger charge is 2.08. The summed E-state index contributed by atoms with van der Waals surface area (Å²) in [7, 11) is 2.91. The van der Waals surface area contributed by atoms with E-state index in [1.54, 1.807) is 18.2 Å². The van der Waals surface area contributed by atoms with Gasteiger partial charge in [-0.3, -0.25) is 9.36 Å². The number of nitrogens with zero attached hydrogens (tertiary/aromatic N) is 1. The van der Waals surface area contributed by atoms with Gasteiger partial charge in [-0.25, -0.2) is 4.79 Å². The third-order valence-electron chi connectivity index (χ3n) is 2.31. The van der Waals surface area contributed by atoms with Gasteiger partial charge in [-0.15, -0.1) is 0 Å². The molecule has 0 aliphatic rings. The van der Waals surface area contributed by atoms with E-state index in [0.717, 1.165) is 4.57 Å². The Morgan fingerprint density at radius 2 is 2.07 bits per heavy atom. The van der Waals surface area contributed by atoms with Crippen molar-refractivity contribution in [2.75, 3.05) is 7.11 Å². The predicted octanol–water partition coefficient (Wildman–Crippen LogP) is 0.235. The van der Waals surface area contributed by atoms with Crippen LogP contribution in [0.25, 0.3) is 10.9 Å². The number of fused-ring (bicyclic) bond motifs is 1. The average molecular weight is 206 g/mol. The van der Waals surface area contributed by atoms with Gasteiger partial charge in [0.15, 0.2) is 0 Å². The minimum Gasteiger partial charge on any atom is -0.496 e. The van der Waals surface area contributed by atoms with E-state index in [9.17, 15) is 9.59 Å². The van der Waals surface area contributed by atoms with Crippen molar-refractivity contribution in [3.63, 3.8) is 0 Å². The Kier molecular flexibility index (Phi) is 2.07. The molecule has 2 aromatic rings. The Hall–Kier alpha value is -2.04. The predicted molar refractivity (Wildman–Crippen MR) is 56.4 cm³/mol. The normalized spacial score (nSPS) is 10.5. The molecule has 1 aromatic carbocycles. The van der Waals surface area contributed by atoms with Gasteiger partial charge in [-0.05, 0) is 12.1 Å². The highest BCUT2D eigenvalue weighted by molar-refractivity contribution is 5.83. The maximum atomic E-state index is 11.8. The number of ether oxygens (including phenoxy) is 1. The summed E-state index contributed by atoms with van der Waals surface area (Å²) in [6, 6.07) is 5.07. The van der Waals surface area contributed by atoms with Crippen molar-refractivity contribution < 1.29 is 4.74 Å². The third kappa shape index (κ3) is 1.32. The van der Waals surface area contributed by atoms with Crippen LogP contribution in [0.1, 0.15) is 0 Å². The lowest BCUT2D eigenvalue weighted by atomic mass is 10.2. The molecule has 0 spiro atoms. The Balaban J connectivity index is 3.07. The van der Waals surface area contributed by atoms with Gasteiger partial charge in [-0.2, -0.15) is 0 Å². The molecule has 0 amide bonds. The van der Waals surface area contributed by atoms with E-state index in [4.69, 9.17) is 4.74 Å². The van der Waals surface area contributed by atoms with Gasteiger partial charge in [-0.1, -0.05) is 6.07 Å². The van der Waals surface area contributed by atoms with Crippen molar-refractivity contribution in [1.82, 2.24) is 9.55 Å². The number of hydrogen-bond acceptors (Lipinski definition) is 3. The number of benzene rings is 1. The van der Waals surface area contributed by atoms with Gasteiger partial charge < -0.3 is 9.72 Å². The smallest absolute Gasteiger partial charge is 0.328 e. The van der Waals surface area contributed by atoms with E-state index in [1.165, 1.54) is 14.2 Å². The van der Waals surface area contributed by atoms with Crippen LogP contribution in [0.4, 0.5) is 0 Å². The quantitative estimate of drug-likeness (QED) is 0.726. The van der Waals surface area contributed by atoms with Crippen LogP contribution in [0.15, 0.2) is 27.8 Å². The Morgan fingerprint density at radius 1 is 1.33 bits per heavy atom. The van der Waals surface area contributed by atoms with Gasteiger partial charge in [0.05, 0.1) is 12.6 Å². The molecule has 0 saturated heterocycles. The van der Waals surface area contributed by atoms with Crippen LogP contribution >= 0.6 is 0 Å². The lowest BCUT2D eigenvalue weighted by molar-refractivity contribution is 0.419. The first-order valence-corrected chi connectivity index (χ1v) is 4.41. The molecule has 2 rings (SSSR count). The highest BCUT2D eigenvalue weighted by atomic mass is 16.5. The molecule has 0 saturated carbocycles. The Labute approximate surface area is 84.9 Å². The molecule has 0 unspecified atom stereocenters. The fraction of sp³-hybridized carbons (Fsp3) is 0.200. The topological polar surface area (TPSA) is 64.1 Å². The van der Waals surface area contributed by atoms with Crippen molar-refractivity contribution in [1.29, 1.82) is 0 Å². The van der Waals surface area contributed by atoms with E-state index in [0.29, 0.717) is 16.7 Å². The molecule has 0 fully saturated rings. The zero-order valence-electron chi connectivity index (χ0n) is 8.40. The van der Waals surface area contributed by atoms with Crippen LogP contribution in [0.5, 0.6) is 5.75 Å². The molecule has 1 aromatic heterocycles. The molecule has 5 nitrogen and oxygen atoms in total. The molecule has 0 radical (unpaired) electrons. The van der Waals surface area contributed by atoms with Crippen molar-refractivity contribution >= 4 is 10.9 Å². The lowest BCUT2D eigenvalue weighted by Crippen LogP contribution is -2.32. The second-order valence-electron chi connectivity index (χ2n) is 3.18. The van der Waals surface area contributed by atoms with E-state index < -0.39 is 5.69 Å². The molecule has 0 bridgehead atoms. The van der Waals surface area contributed by atoms with Crippen LogP contribution in [-0.2, 0) is 7.05 Å². The molecule has 78 valence electrons. The molecule has 1 N–H and O–H groups in total. The molecule has 5 heteroatoms. The number of nitrogens with one attached hydrogen (secondary N) is 1. The van der Waals surface area contributed by atoms with E-state index in [-0.39, 0.29) is 5.56 Å². The molecule has 0 aliphatic carbocycles. The van der Waals surface area contributed by atoms with E-state index in [2.05, 4.69) is 4.98 Å². The van der Waals surface area contributed by atoms with Gasteiger partial charge in [0, 0.05) is 7.05 Å². The zero-order chi connectivity index (χ0) is 11.0. The van der Waals surface area contributed by atoms with Gasteiger partial charge >= 0.3 is 5.69 Å². The first kappa shape index (κ1) is 9.51. The summed E-state index contributed by atoms with van der Waals surface area (Å²) >= 11 is 0. The van der Waals surface area contributed by atoms with Gasteiger partial charge in [0.2, 0.25) is 0 Å².